The van der Waals surface area contributed by atoms with Gasteiger partial charge in [0.05, 0.1) is 28.6 Å². The van der Waals surface area contributed by atoms with E-state index in [1.807, 2.05) is 0 Å². The Hall–Kier alpha value is -3.16. The Bertz CT molecular complexity index is 1380. The van der Waals surface area contributed by atoms with Crippen molar-refractivity contribution >= 4 is 21.7 Å². The zero-order valence-electron chi connectivity index (χ0n) is 19.4. The van der Waals surface area contributed by atoms with Crippen LogP contribution in [0.1, 0.15) is 47.3 Å². The third-order valence-corrected chi connectivity index (χ3v) is 7.36. The number of amides is 2. The summed E-state index contributed by atoms with van der Waals surface area (Å²) in [6.07, 6.45) is 3.66. The van der Waals surface area contributed by atoms with E-state index in [1.165, 1.54) is 0 Å². The lowest BCUT2D eigenvalue weighted by atomic mass is 9.93. The van der Waals surface area contributed by atoms with Crippen molar-refractivity contribution in [1.82, 2.24) is 15.2 Å². The first-order valence-electron chi connectivity index (χ1n) is 11.0. The van der Waals surface area contributed by atoms with E-state index in [2.05, 4.69) is 10.3 Å². The molecule has 2 amide bonds. The molecule has 7 nitrogen and oxygen atoms in total. The summed E-state index contributed by atoms with van der Waals surface area (Å²) in [5.74, 6) is -12.9. The van der Waals surface area contributed by atoms with Crippen LogP contribution in [0.5, 0.6) is 0 Å². The van der Waals surface area contributed by atoms with Gasteiger partial charge in [-0.25, -0.2) is 34.8 Å². The molecule has 200 valence electrons. The van der Waals surface area contributed by atoms with Gasteiger partial charge in [0.15, 0.2) is 15.9 Å². The minimum absolute atomic E-state index is 0.307. The fourth-order valence-corrected chi connectivity index (χ4v) is 4.79. The number of alkyl halides is 4. The normalized spacial score (nSPS) is 20.2. The molecule has 1 saturated carbocycles. The average molecular weight is 549 g/mol. The number of aromatic nitrogens is 1. The molecule has 1 N–H and O–H groups in total. The maximum atomic E-state index is 14.7. The number of nitrogens with zero attached hydrogens (tertiary/aromatic N) is 2. The number of hydrogen-bond donors (Lipinski definition) is 1. The summed E-state index contributed by atoms with van der Waals surface area (Å²) >= 11 is 0. The standard InChI is InChI=1S/C23H21F6N3O4S/c1-22(26,27)15-7-16(24)14(6-17(15)25)18(11-3-4-11)31-20(33)19-23(28,29)10-32(19)21(34)12-5-13(9-30-8-12)37(2,35)36/h5-9,11,18-19H,3-4,10H2,1-2H3,(H,31,33)/t18-,19?/m1/s1. The van der Waals surface area contributed by atoms with Crippen molar-refractivity contribution < 1.29 is 44.3 Å². The van der Waals surface area contributed by atoms with Crippen molar-refractivity contribution in [3.8, 4) is 0 Å². The molecule has 1 aliphatic heterocycles. The number of pyridine rings is 1. The Morgan fingerprint density at radius 1 is 1.14 bits per heavy atom. The van der Waals surface area contributed by atoms with Gasteiger partial charge in [-0.1, -0.05) is 0 Å². The molecule has 1 saturated heterocycles. The summed E-state index contributed by atoms with van der Waals surface area (Å²) in [7, 11) is -3.77. The van der Waals surface area contributed by atoms with E-state index >= 15 is 0 Å². The molecule has 1 aliphatic carbocycles. The molecule has 37 heavy (non-hydrogen) atoms. The molecule has 14 heteroatoms. The van der Waals surface area contributed by atoms with Crippen molar-refractivity contribution in [2.45, 2.75) is 48.6 Å². The Morgan fingerprint density at radius 3 is 2.32 bits per heavy atom. The fraction of sp³-hybridized carbons (Fsp3) is 0.435. The second-order valence-electron chi connectivity index (χ2n) is 9.34. The van der Waals surface area contributed by atoms with Crippen molar-refractivity contribution in [3.05, 3.63) is 58.9 Å². The van der Waals surface area contributed by atoms with Gasteiger partial charge in [0, 0.05) is 31.1 Å². The monoisotopic (exact) mass is 549 g/mol. The molecule has 1 unspecified atom stereocenters. The zero-order chi connectivity index (χ0) is 27.5. The largest absolute Gasteiger partial charge is 0.347 e. The number of sulfone groups is 1. The third kappa shape index (κ3) is 5.29. The second kappa shape index (κ2) is 8.99. The van der Waals surface area contributed by atoms with Crippen molar-refractivity contribution in [1.29, 1.82) is 0 Å². The SMILES string of the molecule is CC(F)(F)c1cc(F)c([C@H](NC(=O)C2N(C(=O)c3cncc(S(C)(=O)=O)c3)CC2(F)F)C2CC2)cc1F. The number of benzene rings is 1. The summed E-state index contributed by atoms with van der Waals surface area (Å²) in [6.45, 7) is -0.763. The second-order valence-corrected chi connectivity index (χ2v) is 11.4. The van der Waals surface area contributed by atoms with Gasteiger partial charge in [-0.05, 0) is 37.0 Å². The van der Waals surface area contributed by atoms with E-state index in [9.17, 15) is 44.3 Å². The highest BCUT2D eigenvalue weighted by Crippen LogP contribution is 2.44. The predicted octanol–water partition coefficient (Wildman–Crippen LogP) is 3.60. The number of carbonyl (C=O) groups is 2. The van der Waals surface area contributed by atoms with E-state index in [0.29, 0.717) is 36.8 Å². The van der Waals surface area contributed by atoms with Crippen LogP contribution in [0.15, 0.2) is 35.5 Å². The summed E-state index contributed by atoms with van der Waals surface area (Å²) in [5, 5.41) is 2.23. The van der Waals surface area contributed by atoms with Crippen LogP contribution >= 0.6 is 0 Å². The Balaban J connectivity index is 1.60. The first kappa shape index (κ1) is 26.9. The number of halogens is 6. The molecule has 0 bridgehead atoms. The molecule has 2 aromatic rings. The van der Waals surface area contributed by atoms with Gasteiger partial charge in [0.2, 0.25) is 5.91 Å². The van der Waals surface area contributed by atoms with E-state index in [4.69, 9.17) is 0 Å². The smallest absolute Gasteiger partial charge is 0.294 e. The predicted molar refractivity (Wildman–Crippen MR) is 117 cm³/mol. The van der Waals surface area contributed by atoms with Crippen molar-refractivity contribution in [2.75, 3.05) is 12.8 Å². The minimum atomic E-state index is -3.77. The number of carbonyl (C=O) groups excluding carboxylic acids is 2. The lowest BCUT2D eigenvalue weighted by Gasteiger charge is -2.46. The Morgan fingerprint density at radius 2 is 1.78 bits per heavy atom. The van der Waals surface area contributed by atoms with E-state index in [1.54, 1.807) is 0 Å². The van der Waals surface area contributed by atoms with Gasteiger partial charge in [-0.3, -0.25) is 14.6 Å². The summed E-state index contributed by atoms with van der Waals surface area (Å²) in [6, 6.07) is -1.87. The van der Waals surface area contributed by atoms with Crippen molar-refractivity contribution in [3.63, 3.8) is 0 Å². The number of rotatable bonds is 7. The number of nitrogens with one attached hydrogen (secondary N) is 1. The molecular formula is C23H21F6N3O4S. The van der Waals surface area contributed by atoms with Gasteiger partial charge < -0.3 is 10.2 Å². The van der Waals surface area contributed by atoms with Gasteiger partial charge >= 0.3 is 0 Å². The van der Waals surface area contributed by atoms with Crippen LogP contribution in [0.2, 0.25) is 0 Å². The first-order chi connectivity index (χ1) is 17.0. The van der Waals surface area contributed by atoms with Crippen molar-refractivity contribution in [2.24, 2.45) is 5.92 Å². The van der Waals surface area contributed by atoms with Gasteiger partial charge in [-0.2, -0.15) is 0 Å². The molecule has 0 spiro atoms. The maximum Gasteiger partial charge on any atom is 0.294 e. The van der Waals surface area contributed by atoms with Crippen LogP contribution in [-0.4, -0.2) is 54.9 Å². The minimum Gasteiger partial charge on any atom is -0.347 e. The molecule has 2 aliphatic rings. The van der Waals surface area contributed by atoms with E-state index in [0.717, 1.165) is 24.7 Å². The van der Waals surface area contributed by atoms with Crippen LogP contribution in [0.25, 0.3) is 0 Å². The summed E-state index contributed by atoms with van der Waals surface area (Å²) < 4.78 is 109. The molecule has 0 radical (unpaired) electrons. The highest BCUT2D eigenvalue weighted by atomic mass is 32.2. The Labute approximate surface area is 207 Å². The lowest BCUT2D eigenvalue weighted by molar-refractivity contribution is -0.178. The summed E-state index contributed by atoms with van der Waals surface area (Å²) in [5.41, 5.74) is -2.02. The van der Waals surface area contributed by atoms with Crippen LogP contribution in [0, 0.1) is 17.6 Å². The zero-order valence-corrected chi connectivity index (χ0v) is 20.3. The van der Waals surface area contributed by atoms with Crippen LogP contribution in [0.4, 0.5) is 26.3 Å². The molecule has 1 aromatic carbocycles. The highest BCUT2D eigenvalue weighted by molar-refractivity contribution is 7.90. The molecule has 4 rings (SSSR count). The van der Waals surface area contributed by atoms with E-state index in [-0.39, 0.29) is 10.5 Å². The van der Waals surface area contributed by atoms with Gasteiger partial charge in [-0.15, -0.1) is 0 Å². The quantitative estimate of drug-likeness (QED) is 0.533. The van der Waals surface area contributed by atoms with Crippen LogP contribution < -0.4 is 5.32 Å². The number of hydrogen-bond acceptors (Lipinski definition) is 5. The molecule has 2 heterocycles. The third-order valence-electron chi connectivity index (χ3n) is 6.28. The maximum absolute atomic E-state index is 14.7. The molecule has 2 fully saturated rings. The molecular weight excluding hydrogens is 528 g/mol. The van der Waals surface area contributed by atoms with Crippen LogP contribution in [-0.2, 0) is 20.6 Å². The van der Waals surface area contributed by atoms with Gasteiger partial charge in [0.1, 0.15) is 11.6 Å². The van der Waals surface area contributed by atoms with Crippen LogP contribution in [0.3, 0.4) is 0 Å². The fourth-order valence-electron chi connectivity index (χ4n) is 4.20. The van der Waals surface area contributed by atoms with Gasteiger partial charge in [0.25, 0.3) is 17.8 Å². The highest BCUT2D eigenvalue weighted by Gasteiger charge is 2.61. The van der Waals surface area contributed by atoms with E-state index < -0.39 is 80.8 Å². The Kier molecular flexibility index (Phi) is 6.54. The molecule has 2 atom stereocenters. The average Bonchev–Trinajstić information content (AvgIpc) is 3.61. The lowest BCUT2D eigenvalue weighted by Crippen LogP contribution is -2.71. The summed E-state index contributed by atoms with van der Waals surface area (Å²) in [4.78, 5) is 29.6. The molecule has 1 aromatic heterocycles. The first-order valence-corrected chi connectivity index (χ1v) is 12.9. The topological polar surface area (TPSA) is 96.4 Å². The number of likely N-dealkylation sites (tertiary alicyclic amines) is 1.